The summed E-state index contributed by atoms with van der Waals surface area (Å²) in [5.74, 6) is -1.63. The van der Waals surface area contributed by atoms with Crippen LogP contribution in [0.1, 0.15) is 157 Å². The highest BCUT2D eigenvalue weighted by atomic mass is 19.4. The molecule has 3 N–H and O–H groups in total. The number of benzene rings is 2. The molecular formula is C45H54F3N5O4. The smallest absolute Gasteiger partial charge is 0.475 e. The molecule has 9 nitrogen and oxygen atoms in total. The van der Waals surface area contributed by atoms with Gasteiger partial charge in [0, 0.05) is 36.3 Å². The first-order valence-electron chi connectivity index (χ1n) is 21.1. The Hall–Kier alpha value is -4.29. The Labute approximate surface area is 332 Å². The number of nitrogens with one attached hydrogen (secondary N) is 2. The number of carbonyl (C=O) groups is 3. The summed E-state index contributed by atoms with van der Waals surface area (Å²) in [5.41, 5.74) is 6.93. The van der Waals surface area contributed by atoms with Crippen LogP contribution in [0.3, 0.4) is 0 Å². The molecule has 4 atom stereocenters. The fourth-order valence-corrected chi connectivity index (χ4v) is 11.0. The lowest BCUT2D eigenvalue weighted by molar-refractivity contribution is -0.192. The second-order valence-corrected chi connectivity index (χ2v) is 17.1. The van der Waals surface area contributed by atoms with E-state index in [0.717, 1.165) is 63.2 Å². The Morgan fingerprint density at radius 3 is 1.21 bits per heavy atom. The number of amides is 2. The second-order valence-electron chi connectivity index (χ2n) is 17.1. The molecule has 57 heavy (non-hydrogen) atoms. The van der Waals surface area contributed by atoms with Gasteiger partial charge in [0.15, 0.2) is 0 Å². The summed E-state index contributed by atoms with van der Waals surface area (Å²) in [6.07, 6.45) is 11.3. The number of nitrogens with zero attached hydrogens (tertiary/aromatic N) is 3. The number of pyridine rings is 1. The number of halogens is 3. The first-order valence-corrected chi connectivity index (χ1v) is 21.1. The van der Waals surface area contributed by atoms with Crippen LogP contribution in [-0.2, 0) is 4.79 Å². The third-order valence-corrected chi connectivity index (χ3v) is 13.9. The summed E-state index contributed by atoms with van der Waals surface area (Å²) in [6, 6.07) is 26.2. The number of hydrogen-bond acceptors (Lipinski definition) is 6. The Bertz CT molecular complexity index is 1740. The van der Waals surface area contributed by atoms with Crippen molar-refractivity contribution in [3.8, 4) is 0 Å². The van der Waals surface area contributed by atoms with Crippen molar-refractivity contribution in [2.45, 2.75) is 132 Å². The van der Waals surface area contributed by atoms with Crippen molar-refractivity contribution in [3.63, 3.8) is 0 Å². The molecule has 1 aromatic heterocycles. The number of aliphatic carboxylic acids is 1. The highest BCUT2D eigenvalue weighted by molar-refractivity contribution is 5.96. The molecule has 2 amide bonds. The Morgan fingerprint density at radius 1 is 0.561 bits per heavy atom. The van der Waals surface area contributed by atoms with E-state index in [9.17, 15) is 22.8 Å². The van der Waals surface area contributed by atoms with Crippen molar-refractivity contribution in [2.24, 2.45) is 11.8 Å². The van der Waals surface area contributed by atoms with Crippen molar-refractivity contribution in [2.75, 3.05) is 13.1 Å². The van der Waals surface area contributed by atoms with Gasteiger partial charge in [-0.15, -0.1) is 0 Å². The van der Waals surface area contributed by atoms with Gasteiger partial charge >= 0.3 is 12.1 Å². The zero-order valence-electron chi connectivity index (χ0n) is 32.4. The van der Waals surface area contributed by atoms with E-state index in [0.29, 0.717) is 35.6 Å². The van der Waals surface area contributed by atoms with Crippen LogP contribution in [-0.4, -0.2) is 69.0 Å². The summed E-state index contributed by atoms with van der Waals surface area (Å²) in [7, 11) is 0. The SMILES string of the molecule is O=C(N[C@H]1CC[C@H](CCN2[C@@H]3CC[C@H]2c2ccccc23)CC1)c1cccc(C(=O)N[C@H]2CC[C@H](CCN3[C@@H]4CC[C@H]3c3ccccc34)CC2)n1.O=C(O)C(F)(F)F. The first kappa shape index (κ1) is 39.5. The van der Waals surface area contributed by atoms with Crippen molar-refractivity contribution in [3.05, 3.63) is 100 Å². The summed E-state index contributed by atoms with van der Waals surface area (Å²) < 4.78 is 31.7. The van der Waals surface area contributed by atoms with Crippen LogP contribution < -0.4 is 10.6 Å². The fourth-order valence-electron chi connectivity index (χ4n) is 11.0. The molecule has 2 saturated carbocycles. The first-order chi connectivity index (χ1) is 27.5. The minimum atomic E-state index is -5.08. The van der Waals surface area contributed by atoms with Gasteiger partial charge in [-0.2, -0.15) is 13.2 Å². The molecule has 3 aromatic rings. The highest BCUT2D eigenvalue weighted by Gasteiger charge is 2.44. The summed E-state index contributed by atoms with van der Waals surface area (Å²) in [4.78, 5) is 45.4. The molecule has 0 unspecified atom stereocenters. The van der Waals surface area contributed by atoms with E-state index in [1.54, 1.807) is 40.5 Å². The van der Waals surface area contributed by atoms with E-state index in [4.69, 9.17) is 9.90 Å². The molecular weight excluding hydrogens is 732 g/mol. The van der Waals surface area contributed by atoms with E-state index in [-0.39, 0.29) is 23.9 Å². The van der Waals surface area contributed by atoms with Crippen molar-refractivity contribution in [1.82, 2.24) is 25.4 Å². The molecule has 5 heterocycles. The maximum Gasteiger partial charge on any atom is 0.490 e. The molecule has 4 fully saturated rings. The van der Waals surface area contributed by atoms with Crippen LogP contribution in [0.15, 0.2) is 66.7 Å². The number of hydrogen-bond donors (Lipinski definition) is 3. The summed E-state index contributed by atoms with van der Waals surface area (Å²) in [5, 5.41) is 13.6. The average Bonchev–Trinajstić information content (AvgIpc) is 3.98. The molecule has 4 aliphatic heterocycles. The highest BCUT2D eigenvalue weighted by Crippen LogP contribution is 2.54. The molecule has 12 heteroatoms. The minimum Gasteiger partial charge on any atom is -0.475 e. The molecule has 0 spiro atoms. The Morgan fingerprint density at radius 2 is 0.895 bits per heavy atom. The Kier molecular flexibility index (Phi) is 11.7. The molecule has 6 aliphatic rings. The molecule has 9 rings (SSSR count). The van der Waals surface area contributed by atoms with Gasteiger partial charge in [0.05, 0.1) is 0 Å². The van der Waals surface area contributed by atoms with Gasteiger partial charge in [0.25, 0.3) is 11.8 Å². The predicted octanol–water partition coefficient (Wildman–Crippen LogP) is 8.86. The third-order valence-electron chi connectivity index (χ3n) is 13.9. The molecule has 304 valence electrons. The van der Waals surface area contributed by atoms with Gasteiger partial charge in [-0.1, -0.05) is 54.6 Å². The monoisotopic (exact) mass is 785 g/mol. The molecule has 2 saturated heterocycles. The quantitative estimate of drug-likeness (QED) is 0.188. The number of rotatable bonds is 10. The van der Waals surface area contributed by atoms with Gasteiger partial charge in [-0.05, 0) is 149 Å². The normalized spacial score (nSPS) is 28.9. The molecule has 2 aliphatic carbocycles. The number of fused-ring (bicyclic) bond motifs is 10. The van der Waals surface area contributed by atoms with Gasteiger partial charge in [-0.25, -0.2) is 9.78 Å². The van der Waals surface area contributed by atoms with E-state index in [1.807, 2.05) is 0 Å². The lowest BCUT2D eigenvalue weighted by Crippen LogP contribution is -2.39. The maximum atomic E-state index is 13.2. The minimum absolute atomic E-state index is 0.162. The van der Waals surface area contributed by atoms with Gasteiger partial charge < -0.3 is 15.7 Å². The van der Waals surface area contributed by atoms with E-state index >= 15 is 0 Å². The lowest BCUT2D eigenvalue weighted by Gasteiger charge is -2.31. The molecule has 0 radical (unpaired) electrons. The maximum absolute atomic E-state index is 13.2. The zero-order chi connectivity index (χ0) is 39.7. The molecule has 4 bridgehead atoms. The average molecular weight is 786 g/mol. The lowest BCUT2D eigenvalue weighted by atomic mass is 9.84. The van der Waals surface area contributed by atoms with Gasteiger partial charge in [0.2, 0.25) is 0 Å². The van der Waals surface area contributed by atoms with Crippen LogP contribution in [0.25, 0.3) is 0 Å². The van der Waals surface area contributed by atoms with Gasteiger partial charge in [0.1, 0.15) is 11.4 Å². The molecule has 2 aromatic carbocycles. The standard InChI is InChI=1S/C43H53N5O2.C2HF3O2/c49-42(44-30-16-12-28(13-17-30)24-26-47-38-20-21-39(47)33-7-2-1-6-32(33)38)36-10-5-11-37(46-36)43(50)45-31-18-14-29(15-19-31)25-27-48-40-22-23-41(48)35-9-4-3-8-34(35)40;3-2(4,5)1(6)7/h1-11,28-31,38-41H,12-27H2,(H,44,49)(H,45,50);(H,6,7)/t28-,29-,30-,31-,38-,39+,40-,41+;. The van der Waals surface area contributed by atoms with Crippen LogP contribution in [0, 0.1) is 11.8 Å². The zero-order valence-corrected chi connectivity index (χ0v) is 32.4. The van der Waals surface area contributed by atoms with Crippen LogP contribution in [0.4, 0.5) is 13.2 Å². The third kappa shape index (κ3) is 8.63. The largest absolute Gasteiger partial charge is 0.490 e. The van der Waals surface area contributed by atoms with E-state index < -0.39 is 12.1 Å². The van der Waals surface area contributed by atoms with Crippen molar-refractivity contribution < 1.29 is 32.7 Å². The van der Waals surface area contributed by atoms with Crippen LogP contribution in [0.2, 0.25) is 0 Å². The number of carbonyl (C=O) groups excluding carboxylic acids is 2. The number of alkyl halides is 3. The fraction of sp³-hybridized carbons (Fsp3) is 0.556. The van der Waals surface area contributed by atoms with Crippen molar-refractivity contribution in [1.29, 1.82) is 0 Å². The van der Waals surface area contributed by atoms with E-state index in [1.165, 1.54) is 51.6 Å². The van der Waals surface area contributed by atoms with Gasteiger partial charge in [-0.3, -0.25) is 19.4 Å². The summed E-state index contributed by atoms with van der Waals surface area (Å²) in [6.45, 7) is 2.36. The Balaban J connectivity index is 0.000000598. The second kappa shape index (κ2) is 16.9. The number of carboxylic acid groups (broad SMARTS) is 1. The summed E-state index contributed by atoms with van der Waals surface area (Å²) >= 11 is 0. The van der Waals surface area contributed by atoms with Crippen LogP contribution >= 0.6 is 0 Å². The number of carboxylic acids is 1. The number of aromatic nitrogens is 1. The van der Waals surface area contributed by atoms with Crippen molar-refractivity contribution >= 4 is 17.8 Å². The topological polar surface area (TPSA) is 115 Å². The van der Waals surface area contributed by atoms with E-state index in [2.05, 4.69) is 73.9 Å². The predicted molar refractivity (Wildman–Crippen MR) is 209 cm³/mol. The van der Waals surface area contributed by atoms with Crippen LogP contribution in [0.5, 0.6) is 0 Å².